The highest BCUT2D eigenvalue weighted by molar-refractivity contribution is 5.88. The monoisotopic (exact) mass is 397 g/mol. The van der Waals surface area contributed by atoms with Crippen LogP contribution < -0.4 is 16.2 Å². The summed E-state index contributed by atoms with van der Waals surface area (Å²) in [5.41, 5.74) is 13.0. The van der Waals surface area contributed by atoms with Crippen LogP contribution in [0.3, 0.4) is 0 Å². The van der Waals surface area contributed by atoms with Gasteiger partial charge in [-0.1, -0.05) is 42.0 Å². The molecule has 4 rings (SSSR count). The largest absolute Gasteiger partial charge is 0.399 e. The third-order valence-corrected chi connectivity index (χ3v) is 5.64. The van der Waals surface area contributed by atoms with Crippen molar-refractivity contribution >= 4 is 22.1 Å². The van der Waals surface area contributed by atoms with Crippen LogP contribution in [0.25, 0.3) is 22.0 Å². The number of aromatic nitrogens is 1. The highest BCUT2D eigenvalue weighted by atomic mass is 16.1. The number of benzene rings is 3. The summed E-state index contributed by atoms with van der Waals surface area (Å²) in [7, 11) is 3.97. The average Bonchev–Trinajstić information content (AvgIpc) is 2.72. The van der Waals surface area contributed by atoms with Crippen molar-refractivity contribution < 1.29 is 0 Å². The first-order valence-corrected chi connectivity index (χ1v) is 10.1. The van der Waals surface area contributed by atoms with Gasteiger partial charge in [0, 0.05) is 30.9 Å². The van der Waals surface area contributed by atoms with Crippen LogP contribution in [0.1, 0.15) is 16.7 Å². The van der Waals surface area contributed by atoms with Crippen molar-refractivity contribution in [3.63, 3.8) is 0 Å². The van der Waals surface area contributed by atoms with Crippen molar-refractivity contribution in [1.29, 1.82) is 0 Å². The zero-order valence-corrected chi connectivity index (χ0v) is 17.9. The molecule has 1 aromatic heterocycles. The molecule has 30 heavy (non-hydrogen) atoms. The Morgan fingerprint density at radius 3 is 2.30 bits per heavy atom. The number of rotatable bonds is 4. The minimum Gasteiger partial charge on any atom is -0.399 e. The van der Waals surface area contributed by atoms with Crippen molar-refractivity contribution in [2.75, 3.05) is 24.7 Å². The Morgan fingerprint density at radius 1 is 0.900 bits per heavy atom. The number of hydrogen-bond acceptors (Lipinski definition) is 3. The van der Waals surface area contributed by atoms with E-state index in [1.54, 1.807) is 0 Å². The SMILES string of the molecule is Cc1ccc(Cn2c(-c3ccc(N)cc3)cc3ccc(N(C)C)cc3c2=O)c(C)c1. The number of nitrogens with zero attached hydrogens (tertiary/aromatic N) is 2. The minimum atomic E-state index is 0.0167. The average molecular weight is 398 g/mol. The van der Waals surface area contributed by atoms with E-state index >= 15 is 0 Å². The molecule has 0 radical (unpaired) electrons. The molecule has 0 saturated heterocycles. The number of anilines is 2. The third-order valence-electron chi connectivity index (χ3n) is 5.64. The van der Waals surface area contributed by atoms with E-state index in [1.807, 2.05) is 66.0 Å². The molecule has 4 aromatic rings. The fourth-order valence-corrected chi connectivity index (χ4v) is 3.86. The number of pyridine rings is 1. The zero-order chi connectivity index (χ0) is 21.4. The van der Waals surface area contributed by atoms with Gasteiger partial charge in [0.25, 0.3) is 5.56 Å². The second-order valence-corrected chi connectivity index (χ2v) is 8.14. The Hall–Kier alpha value is -3.53. The molecule has 0 unspecified atom stereocenters. The van der Waals surface area contributed by atoms with Crippen LogP contribution in [0.5, 0.6) is 0 Å². The predicted octanol–water partition coefficient (Wildman–Crippen LogP) is 4.98. The Labute approximate surface area is 177 Å². The molecule has 0 amide bonds. The standard InChI is InChI=1S/C26H27N3O/c1-17-5-6-21(18(2)13-17)16-29-25(19-7-10-22(27)11-8-19)14-20-9-12-23(28(3)4)15-24(20)26(29)30/h5-15H,16,27H2,1-4H3. The molecule has 152 valence electrons. The maximum absolute atomic E-state index is 13.7. The lowest BCUT2D eigenvalue weighted by Crippen LogP contribution is -2.23. The number of nitrogens with two attached hydrogens (primary N) is 1. The smallest absolute Gasteiger partial charge is 0.259 e. The first-order chi connectivity index (χ1) is 14.3. The van der Waals surface area contributed by atoms with Crippen molar-refractivity contribution in [2.24, 2.45) is 0 Å². The molecule has 0 atom stereocenters. The van der Waals surface area contributed by atoms with E-state index in [0.29, 0.717) is 12.2 Å². The van der Waals surface area contributed by atoms with E-state index in [4.69, 9.17) is 5.73 Å². The zero-order valence-electron chi connectivity index (χ0n) is 17.9. The van der Waals surface area contributed by atoms with Crippen LogP contribution in [0, 0.1) is 13.8 Å². The van der Waals surface area contributed by atoms with Gasteiger partial charge in [-0.05, 0) is 66.3 Å². The lowest BCUT2D eigenvalue weighted by Gasteiger charge is -2.18. The van der Waals surface area contributed by atoms with Gasteiger partial charge < -0.3 is 15.2 Å². The summed E-state index contributed by atoms with van der Waals surface area (Å²) < 4.78 is 1.88. The van der Waals surface area contributed by atoms with E-state index in [-0.39, 0.29) is 5.56 Å². The summed E-state index contributed by atoms with van der Waals surface area (Å²) in [5.74, 6) is 0. The normalized spacial score (nSPS) is 11.1. The van der Waals surface area contributed by atoms with Crippen molar-refractivity contribution in [1.82, 2.24) is 4.57 Å². The quantitative estimate of drug-likeness (QED) is 0.494. The predicted molar refractivity (Wildman–Crippen MR) is 127 cm³/mol. The summed E-state index contributed by atoms with van der Waals surface area (Å²) in [6.45, 7) is 4.70. The topological polar surface area (TPSA) is 51.3 Å². The van der Waals surface area contributed by atoms with E-state index in [2.05, 4.69) is 38.1 Å². The molecule has 0 aliphatic rings. The molecule has 0 bridgehead atoms. The van der Waals surface area contributed by atoms with Crippen LogP contribution in [0.2, 0.25) is 0 Å². The summed E-state index contributed by atoms with van der Waals surface area (Å²) in [6.07, 6.45) is 0. The third kappa shape index (κ3) is 3.69. The summed E-state index contributed by atoms with van der Waals surface area (Å²) in [6, 6.07) is 22.2. The van der Waals surface area contributed by atoms with Crippen molar-refractivity contribution in [2.45, 2.75) is 20.4 Å². The summed E-state index contributed by atoms with van der Waals surface area (Å²) in [4.78, 5) is 15.7. The molecule has 0 aliphatic heterocycles. The number of aryl methyl sites for hydroxylation is 2. The van der Waals surface area contributed by atoms with Gasteiger partial charge in [0.2, 0.25) is 0 Å². The summed E-state index contributed by atoms with van der Waals surface area (Å²) in [5, 5.41) is 1.67. The van der Waals surface area contributed by atoms with Gasteiger partial charge in [0.05, 0.1) is 12.2 Å². The lowest BCUT2D eigenvalue weighted by molar-refractivity contribution is 0.772. The second-order valence-electron chi connectivity index (χ2n) is 8.14. The van der Waals surface area contributed by atoms with Crippen LogP contribution >= 0.6 is 0 Å². The molecule has 4 heteroatoms. The fraction of sp³-hybridized carbons (Fsp3) is 0.192. The van der Waals surface area contributed by atoms with E-state index in [1.165, 1.54) is 11.1 Å². The molecule has 0 saturated carbocycles. The van der Waals surface area contributed by atoms with Crippen LogP contribution in [-0.4, -0.2) is 18.7 Å². The van der Waals surface area contributed by atoms with Crippen molar-refractivity contribution in [3.05, 3.63) is 93.8 Å². The molecular formula is C26H27N3O. The van der Waals surface area contributed by atoms with Gasteiger partial charge in [-0.15, -0.1) is 0 Å². The van der Waals surface area contributed by atoms with Gasteiger partial charge in [0.15, 0.2) is 0 Å². The highest BCUT2D eigenvalue weighted by Crippen LogP contribution is 2.26. The van der Waals surface area contributed by atoms with E-state index in [9.17, 15) is 4.79 Å². The van der Waals surface area contributed by atoms with Gasteiger partial charge in [0.1, 0.15) is 0 Å². The van der Waals surface area contributed by atoms with Gasteiger partial charge in [-0.3, -0.25) is 4.79 Å². The first kappa shape index (κ1) is 19.8. The number of fused-ring (bicyclic) bond motifs is 1. The molecule has 3 aromatic carbocycles. The molecular weight excluding hydrogens is 370 g/mol. The maximum Gasteiger partial charge on any atom is 0.259 e. The van der Waals surface area contributed by atoms with Crippen LogP contribution in [0.4, 0.5) is 11.4 Å². The molecule has 0 aliphatic carbocycles. The highest BCUT2D eigenvalue weighted by Gasteiger charge is 2.14. The fourth-order valence-electron chi connectivity index (χ4n) is 3.86. The Bertz CT molecular complexity index is 1280. The Balaban J connectivity index is 1.97. The molecule has 4 nitrogen and oxygen atoms in total. The van der Waals surface area contributed by atoms with Gasteiger partial charge in [-0.2, -0.15) is 0 Å². The lowest BCUT2D eigenvalue weighted by atomic mass is 10.0. The van der Waals surface area contributed by atoms with E-state index < -0.39 is 0 Å². The van der Waals surface area contributed by atoms with Crippen molar-refractivity contribution in [3.8, 4) is 11.3 Å². The van der Waals surface area contributed by atoms with Gasteiger partial charge in [-0.25, -0.2) is 0 Å². The van der Waals surface area contributed by atoms with Crippen LogP contribution in [0.15, 0.2) is 71.5 Å². The van der Waals surface area contributed by atoms with E-state index in [0.717, 1.165) is 33.3 Å². The first-order valence-electron chi connectivity index (χ1n) is 10.1. The minimum absolute atomic E-state index is 0.0167. The Morgan fingerprint density at radius 2 is 1.63 bits per heavy atom. The molecule has 1 heterocycles. The summed E-state index contributed by atoms with van der Waals surface area (Å²) >= 11 is 0. The molecule has 0 fully saturated rings. The Kier molecular flexibility index (Phi) is 5.08. The molecule has 2 N–H and O–H groups in total. The second kappa shape index (κ2) is 7.71. The van der Waals surface area contributed by atoms with Gasteiger partial charge >= 0.3 is 0 Å². The number of hydrogen-bond donors (Lipinski definition) is 1. The maximum atomic E-state index is 13.7. The van der Waals surface area contributed by atoms with Crippen LogP contribution in [-0.2, 0) is 6.54 Å². The number of nitrogen functional groups attached to an aromatic ring is 1. The molecule has 0 spiro atoms.